The molecule has 0 radical (unpaired) electrons. The third kappa shape index (κ3) is 1620. The summed E-state index contributed by atoms with van der Waals surface area (Å²) in [5.74, 6) is 0. The van der Waals surface area contributed by atoms with E-state index in [1.165, 1.54) is 0 Å². The van der Waals surface area contributed by atoms with Crippen molar-refractivity contribution in [3.8, 4) is 0 Å². The van der Waals surface area contributed by atoms with E-state index < -0.39 is 23.5 Å². The predicted molar refractivity (Wildman–Crippen MR) is 22.8 cm³/mol. The van der Waals surface area contributed by atoms with E-state index in [2.05, 4.69) is 0 Å². The smallest absolute Gasteiger partial charge is 0.822 e. The van der Waals surface area contributed by atoms with Gasteiger partial charge in [-0.15, -0.1) is 0 Å². The number of hydrogen-bond donors (Lipinski definition) is 0. The molecule has 0 rings (SSSR count). The van der Waals surface area contributed by atoms with Crippen LogP contribution >= 0.6 is 23.5 Å². The van der Waals surface area contributed by atoms with Crippen molar-refractivity contribution >= 4 is 23.5 Å². The molecule has 17 heteroatoms. The van der Waals surface area contributed by atoms with E-state index in [0.717, 1.165) is 0 Å². The van der Waals surface area contributed by atoms with Crippen LogP contribution in [0.15, 0.2) is 0 Å². The fourth-order valence-corrected chi connectivity index (χ4v) is 0. The van der Waals surface area contributed by atoms with Crippen LogP contribution in [0.2, 0.25) is 0 Å². The molecule has 0 N–H and O–H groups in total. The molecule has 0 aromatic carbocycles. The van der Waals surface area contributed by atoms with Gasteiger partial charge in [0.1, 0.15) is 0 Å². The van der Waals surface area contributed by atoms with Crippen LogP contribution in [0.5, 0.6) is 0 Å². The van der Waals surface area contributed by atoms with E-state index in [9.17, 15) is 0 Å². The molecular formula is O12P3TiV. The second-order valence-corrected chi connectivity index (χ2v) is 4.02. The molecule has 0 saturated carbocycles. The van der Waals surface area contributed by atoms with Crippen molar-refractivity contribution in [3.63, 3.8) is 0 Å². The molecule has 0 bridgehead atoms. The maximum atomic E-state index is 8.55. The molecule has 12 nitrogen and oxygen atoms in total. The normalized spacial score (nSPS) is 10.4. The summed E-state index contributed by atoms with van der Waals surface area (Å²) in [5, 5.41) is 0. The van der Waals surface area contributed by atoms with Crippen LogP contribution in [-0.4, -0.2) is 0 Å². The molecule has 0 aromatic rings. The van der Waals surface area contributed by atoms with Gasteiger partial charge in [0, 0.05) is 0 Å². The van der Waals surface area contributed by atoms with Gasteiger partial charge in [-0.2, -0.15) is 23.5 Å². The van der Waals surface area contributed by atoms with Crippen LogP contribution in [0, 0.1) is 0 Å². The predicted octanol–water partition coefficient (Wildman–Crippen LogP) is -8.48. The maximum Gasteiger partial charge on any atom is 5.00 e. The Hall–Kier alpha value is 1.63. The average Bonchev–Trinajstić information content (AvgIpc) is 1.41. The Kier molecular flexibility index (Phi) is 23.2. The molecule has 17 heavy (non-hydrogen) atoms. The third-order valence-electron chi connectivity index (χ3n) is 0. The van der Waals surface area contributed by atoms with Crippen LogP contribution in [-0.2, 0) is 54.0 Å². The summed E-state index contributed by atoms with van der Waals surface area (Å²) in [4.78, 5) is 76.9. The molecule has 96 valence electrons. The topological polar surface area (TPSA) is 259 Å². The first kappa shape index (κ1) is 31.2. The van der Waals surface area contributed by atoms with E-state index in [4.69, 9.17) is 57.7 Å². The Morgan fingerprint density at radius 1 is 0.471 bits per heavy atom. The van der Waals surface area contributed by atoms with Gasteiger partial charge in [0.15, 0.2) is 0 Å². The largest absolute Gasteiger partial charge is 5.00 e. The zero-order chi connectivity index (χ0) is 13.5. The molecule has 0 aliphatic heterocycles. The van der Waals surface area contributed by atoms with Crippen molar-refractivity contribution < 1.29 is 98.0 Å². The van der Waals surface area contributed by atoms with Gasteiger partial charge in [0.05, 0.1) is 0 Å². The van der Waals surface area contributed by atoms with Crippen LogP contribution < -0.4 is 44.0 Å². The summed E-state index contributed by atoms with van der Waals surface area (Å²) in [7, 11) is -16.2. The number of hydrogen-bond acceptors (Lipinski definition) is 12. The van der Waals surface area contributed by atoms with E-state index >= 15 is 0 Å². The van der Waals surface area contributed by atoms with Gasteiger partial charge in [0.25, 0.3) is 0 Å². The molecule has 0 spiro atoms. The standard InChI is InChI=1S/3H3O4P.Ti.V/c3*1-5(2,3)4;;/h3*(H3,1,2,3,4);;/q;;;+4;+5/p-9. The Bertz CT molecular complexity index is 208. The third-order valence-corrected chi connectivity index (χ3v) is 0. The Labute approximate surface area is 121 Å². The Morgan fingerprint density at radius 3 is 0.471 bits per heavy atom. The summed E-state index contributed by atoms with van der Waals surface area (Å²) < 4.78 is 25.6. The Balaban J connectivity index is -0.0000000400. The Morgan fingerprint density at radius 2 is 0.471 bits per heavy atom. The fraction of sp³-hybridized carbons (Fsp3) is 0. The van der Waals surface area contributed by atoms with E-state index in [-0.39, 0.29) is 40.3 Å². The molecular weight excluding hydrogens is 384 g/mol. The summed E-state index contributed by atoms with van der Waals surface area (Å²) in [6.07, 6.45) is 0. The summed E-state index contributed by atoms with van der Waals surface area (Å²) in [5.41, 5.74) is 0. The van der Waals surface area contributed by atoms with Gasteiger partial charge in [-0.25, -0.2) is 0 Å². The van der Waals surface area contributed by atoms with Crippen LogP contribution in [0.4, 0.5) is 0 Å². The van der Waals surface area contributed by atoms with Gasteiger partial charge >= 0.3 is 40.3 Å². The van der Waals surface area contributed by atoms with Crippen molar-refractivity contribution in [2.24, 2.45) is 0 Å². The summed E-state index contributed by atoms with van der Waals surface area (Å²) >= 11 is 0. The van der Waals surface area contributed by atoms with E-state index in [1.54, 1.807) is 0 Å². The summed E-state index contributed by atoms with van der Waals surface area (Å²) in [6.45, 7) is 0. The summed E-state index contributed by atoms with van der Waals surface area (Å²) in [6, 6.07) is 0. The molecule has 0 atom stereocenters. The minimum absolute atomic E-state index is 0. The van der Waals surface area contributed by atoms with Crippen molar-refractivity contribution in [1.29, 1.82) is 0 Å². The first-order valence-corrected chi connectivity index (χ1v) is 6.57. The molecule has 0 aliphatic rings. The second kappa shape index (κ2) is 12.7. The van der Waals surface area contributed by atoms with Crippen molar-refractivity contribution in [1.82, 2.24) is 0 Å². The first-order valence-electron chi connectivity index (χ1n) is 2.19. The quantitative estimate of drug-likeness (QED) is 0.278. The molecule has 0 unspecified atom stereocenters. The van der Waals surface area contributed by atoms with Gasteiger partial charge in [-0.05, 0) is 0 Å². The van der Waals surface area contributed by atoms with Crippen LogP contribution in [0.1, 0.15) is 0 Å². The molecule has 0 aromatic heterocycles. The van der Waals surface area contributed by atoms with Crippen LogP contribution in [0.25, 0.3) is 0 Å². The molecule has 0 fully saturated rings. The zero-order valence-electron chi connectivity index (χ0n) is 7.19. The van der Waals surface area contributed by atoms with Gasteiger partial charge in [-0.1, -0.05) is 0 Å². The van der Waals surface area contributed by atoms with Gasteiger partial charge in [0.2, 0.25) is 0 Å². The first-order chi connectivity index (χ1) is 6.00. The minimum atomic E-state index is -5.39. The molecule has 0 amide bonds. The second-order valence-electron chi connectivity index (χ2n) is 1.34. The minimum Gasteiger partial charge on any atom is -0.822 e. The average molecular weight is 384 g/mol. The SMILES string of the molecule is O=P([O-])([O-])[O-].O=P([O-])([O-])[O-].O=P([O-])([O-])[O-].[Ti+4].[V+5]. The number of phosphoric acid groups is 3. The van der Waals surface area contributed by atoms with Crippen molar-refractivity contribution in [2.45, 2.75) is 0 Å². The van der Waals surface area contributed by atoms with E-state index in [0.29, 0.717) is 0 Å². The van der Waals surface area contributed by atoms with Crippen molar-refractivity contribution in [3.05, 3.63) is 0 Å². The van der Waals surface area contributed by atoms with Crippen LogP contribution in [0.3, 0.4) is 0 Å². The zero-order valence-corrected chi connectivity index (χ0v) is 12.8. The van der Waals surface area contributed by atoms with E-state index in [1.807, 2.05) is 0 Å². The van der Waals surface area contributed by atoms with Gasteiger partial charge in [-0.3, -0.25) is 0 Å². The number of rotatable bonds is 0. The molecule has 0 heterocycles. The van der Waals surface area contributed by atoms with Crippen molar-refractivity contribution in [2.75, 3.05) is 0 Å². The molecule has 0 aliphatic carbocycles. The van der Waals surface area contributed by atoms with Gasteiger partial charge < -0.3 is 57.7 Å². The monoisotopic (exact) mass is 384 g/mol. The molecule has 0 saturated heterocycles. The fourth-order valence-electron chi connectivity index (χ4n) is 0. The maximum absolute atomic E-state index is 8.55.